The molecule has 0 bridgehead atoms. The second-order valence-electron chi connectivity index (χ2n) is 5.27. The van der Waals surface area contributed by atoms with Crippen LogP contribution in [0.2, 0.25) is 0 Å². The molecule has 2 rings (SSSR count). The molecule has 106 valence electrons. The Bertz CT molecular complexity index is 529. The summed E-state index contributed by atoms with van der Waals surface area (Å²) in [7, 11) is 0. The Kier molecular flexibility index (Phi) is 4.07. The molecule has 0 aromatic heterocycles. The summed E-state index contributed by atoms with van der Waals surface area (Å²) in [6.07, 6.45) is -0.378. The van der Waals surface area contributed by atoms with Crippen molar-refractivity contribution in [2.75, 3.05) is 6.54 Å². The zero-order valence-electron chi connectivity index (χ0n) is 11.3. The smallest absolute Gasteiger partial charge is 0.216 e. The highest BCUT2D eigenvalue weighted by atomic mass is 16.3. The minimum Gasteiger partial charge on any atom is -0.388 e. The van der Waals surface area contributed by atoms with Gasteiger partial charge in [-0.25, -0.2) is 0 Å². The van der Waals surface area contributed by atoms with Gasteiger partial charge in [-0.3, -0.25) is 4.79 Å². The van der Waals surface area contributed by atoms with Gasteiger partial charge in [0.25, 0.3) is 0 Å². The second kappa shape index (κ2) is 5.61. The number of hydrogen-bond acceptors (Lipinski definition) is 4. The van der Waals surface area contributed by atoms with Crippen LogP contribution in [-0.2, 0) is 10.2 Å². The van der Waals surface area contributed by atoms with Crippen molar-refractivity contribution in [1.29, 1.82) is 5.26 Å². The zero-order valence-corrected chi connectivity index (χ0v) is 11.3. The van der Waals surface area contributed by atoms with E-state index in [1.807, 2.05) is 12.1 Å². The standard InChI is InChI=1S/C15H18N2O3/c1-10(18)17-8-13(19)14(20)11-2-4-12(5-3-11)15(9-16)6-7-15/h2-5,13-14,19-20H,6-8H2,1H3,(H,17,18). The van der Waals surface area contributed by atoms with Gasteiger partial charge in [-0.05, 0) is 24.0 Å². The molecule has 2 atom stereocenters. The topological polar surface area (TPSA) is 93.3 Å². The van der Waals surface area contributed by atoms with E-state index in [4.69, 9.17) is 5.26 Å². The molecule has 5 heteroatoms. The first-order valence-corrected chi connectivity index (χ1v) is 6.61. The number of amides is 1. The van der Waals surface area contributed by atoms with Gasteiger partial charge in [-0.2, -0.15) is 5.26 Å². The Morgan fingerprint density at radius 3 is 2.45 bits per heavy atom. The van der Waals surface area contributed by atoms with Gasteiger partial charge in [0.2, 0.25) is 5.91 Å². The summed E-state index contributed by atoms with van der Waals surface area (Å²) < 4.78 is 0. The molecule has 0 aliphatic heterocycles. The van der Waals surface area contributed by atoms with Gasteiger partial charge < -0.3 is 15.5 Å². The van der Waals surface area contributed by atoms with E-state index in [-0.39, 0.29) is 17.9 Å². The van der Waals surface area contributed by atoms with E-state index in [0.29, 0.717) is 5.56 Å². The number of carbonyl (C=O) groups is 1. The van der Waals surface area contributed by atoms with Crippen LogP contribution >= 0.6 is 0 Å². The van der Waals surface area contributed by atoms with E-state index in [1.165, 1.54) is 6.92 Å². The summed E-state index contributed by atoms with van der Waals surface area (Å²) in [6.45, 7) is 1.35. The molecule has 1 aliphatic rings. The SMILES string of the molecule is CC(=O)NCC(O)C(O)c1ccc(C2(C#N)CC2)cc1. The number of hydrogen-bond donors (Lipinski definition) is 3. The predicted octanol–water partition coefficient (Wildman–Crippen LogP) is 0.772. The Morgan fingerprint density at radius 1 is 1.40 bits per heavy atom. The normalized spacial score (nSPS) is 18.7. The van der Waals surface area contributed by atoms with Crippen molar-refractivity contribution in [3.05, 3.63) is 35.4 Å². The molecule has 1 saturated carbocycles. The maximum atomic E-state index is 10.8. The summed E-state index contributed by atoms with van der Waals surface area (Å²) in [4.78, 5) is 10.8. The monoisotopic (exact) mass is 274 g/mol. The molecular weight excluding hydrogens is 256 g/mol. The molecule has 0 radical (unpaired) electrons. The largest absolute Gasteiger partial charge is 0.388 e. The van der Waals surface area contributed by atoms with Gasteiger partial charge in [0, 0.05) is 13.5 Å². The fourth-order valence-corrected chi connectivity index (χ4v) is 2.17. The van der Waals surface area contributed by atoms with E-state index >= 15 is 0 Å². The zero-order chi connectivity index (χ0) is 14.8. The van der Waals surface area contributed by atoms with Gasteiger partial charge in [0.1, 0.15) is 12.2 Å². The van der Waals surface area contributed by atoms with Gasteiger partial charge in [0.15, 0.2) is 0 Å². The molecule has 1 aliphatic carbocycles. The molecule has 1 fully saturated rings. The number of aliphatic hydroxyl groups excluding tert-OH is 2. The molecule has 0 saturated heterocycles. The van der Waals surface area contributed by atoms with Crippen molar-refractivity contribution in [3.8, 4) is 6.07 Å². The van der Waals surface area contributed by atoms with E-state index in [1.54, 1.807) is 12.1 Å². The van der Waals surface area contributed by atoms with Gasteiger partial charge in [-0.15, -0.1) is 0 Å². The number of nitrogens with one attached hydrogen (secondary N) is 1. The maximum absolute atomic E-state index is 10.8. The number of benzene rings is 1. The Morgan fingerprint density at radius 2 is 2.00 bits per heavy atom. The average molecular weight is 274 g/mol. The molecule has 1 aromatic carbocycles. The third kappa shape index (κ3) is 2.98. The maximum Gasteiger partial charge on any atom is 0.216 e. The molecule has 1 amide bonds. The minimum atomic E-state index is -1.06. The predicted molar refractivity (Wildman–Crippen MR) is 72.6 cm³/mol. The van der Waals surface area contributed by atoms with Crippen molar-refractivity contribution in [3.63, 3.8) is 0 Å². The summed E-state index contributed by atoms with van der Waals surface area (Å²) in [5, 5.41) is 31.4. The summed E-state index contributed by atoms with van der Waals surface area (Å²) in [6, 6.07) is 9.39. The van der Waals surface area contributed by atoms with Crippen molar-refractivity contribution >= 4 is 5.91 Å². The fourth-order valence-electron chi connectivity index (χ4n) is 2.17. The van der Waals surface area contributed by atoms with Crippen molar-refractivity contribution in [2.24, 2.45) is 0 Å². The number of rotatable bonds is 5. The number of carbonyl (C=O) groups excluding carboxylic acids is 1. The lowest BCUT2D eigenvalue weighted by Gasteiger charge is -2.19. The minimum absolute atomic E-state index is 0.000381. The molecule has 1 aromatic rings. The lowest BCUT2D eigenvalue weighted by atomic mass is 9.94. The van der Waals surface area contributed by atoms with Crippen molar-refractivity contribution < 1.29 is 15.0 Å². The third-order valence-corrected chi connectivity index (χ3v) is 3.69. The van der Waals surface area contributed by atoms with Crippen molar-refractivity contribution in [2.45, 2.75) is 37.4 Å². The van der Waals surface area contributed by atoms with Crippen molar-refractivity contribution in [1.82, 2.24) is 5.32 Å². The number of nitrogens with zero attached hydrogens (tertiary/aromatic N) is 1. The van der Waals surface area contributed by atoms with E-state index in [2.05, 4.69) is 11.4 Å². The molecule has 0 heterocycles. The number of aliphatic hydroxyl groups is 2. The molecule has 20 heavy (non-hydrogen) atoms. The highest BCUT2D eigenvalue weighted by Gasteiger charge is 2.44. The van der Waals surface area contributed by atoms with E-state index < -0.39 is 12.2 Å². The van der Waals surface area contributed by atoms with Crippen LogP contribution < -0.4 is 5.32 Å². The molecule has 3 N–H and O–H groups in total. The van der Waals surface area contributed by atoms with Crippen LogP contribution in [0.1, 0.15) is 37.0 Å². The molecule has 5 nitrogen and oxygen atoms in total. The van der Waals surface area contributed by atoms with Crippen LogP contribution in [0, 0.1) is 11.3 Å². The molecule has 0 spiro atoms. The summed E-state index contributed by atoms with van der Waals surface area (Å²) >= 11 is 0. The highest BCUT2D eigenvalue weighted by molar-refractivity contribution is 5.72. The summed E-state index contributed by atoms with van der Waals surface area (Å²) in [5.41, 5.74) is 1.17. The first kappa shape index (κ1) is 14.5. The van der Waals surface area contributed by atoms with Gasteiger partial charge in [-0.1, -0.05) is 24.3 Å². The van der Waals surface area contributed by atoms with Gasteiger partial charge >= 0.3 is 0 Å². The Balaban J connectivity index is 2.02. The molecule has 2 unspecified atom stereocenters. The Labute approximate surface area is 117 Å². The van der Waals surface area contributed by atoms with Crippen LogP contribution in [-0.4, -0.2) is 28.8 Å². The van der Waals surface area contributed by atoms with Crippen LogP contribution in [0.3, 0.4) is 0 Å². The fraction of sp³-hybridized carbons (Fsp3) is 0.467. The van der Waals surface area contributed by atoms with E-state index in [0.717, 1.165) is 18.4 Å². The Hall–Kier alpha value is -1.90. The first-order chi connectivity index (χ1) is 9.48. The lowest BCUT2D eigenvalue weighted by molar-refractivity contribution is -0.119. The van der Waals surface area contributed by atoms with Crippen LogP contribution in [0.25, 0.3) is 0 Å². The quantitative estimate of drug-likeness (QED) is 0.739. The lowest BCUT2D eigenvalue weighted by Crippen LogP contribution is -2.34. The first-order valence-electron chi connectivity index (χ1n) is 6.61. The van der Waals surface area contributed by atoms with E-state index in [9.17, 15) is 15.0 Å². The second-order valence-corrected chi connectivity index (χ2v) is 5.27. The highest BCUT2D eigenvalue weighted by Crippen LogP contribution is 2.47. The number of nitriles is 1. The third-order valence-electron chi connectivity index (χ3n) is 3.69. The van der Waals surface area contributed by atoms with Crippen LogP contribution in [0.5, 0.6) is 0 Å². The van der Waals surface area contributed by atoms with Crippen LogP contribution in [0.4, 0.5) is 0 Å². The van der Waals surface area contributed by atoms with Crippen LogP contribution in [0.15, 0.2) is 24.3 Å². The average Bonchev–Trinajstić information content (AvgIpc) is 3.25. The van der Waals surface area contributed by atoms with Gasteiger partial charge in [0.05, 0.1) is 11.5 Å². The molecular formula is C15H18N2O3. The summed E-state index contributed by atoms with van der Waals surface area (Å²) in [5.74, 6) is -0.253.